The van der Waals surface area contributed by atoms with Crippen LogP contribution in [0.4, 0.5) is 0 Å². The van der Waals surface area contributed by atoms with Gasteiger partial charge in [-0.15, -0.1) is 22.7 Å². The molecule has 2 aromatic rings. The highest BCUT2D eigenvalue weighted by atomic mass is 32.2. The second-order valence-electron chi connectivity index (χ2n) is 3.53. The van der Waals surface area contributed by atoms with E-state index in [1.807, 2.05) is 34.4 Å². The van der Waals surface area contributed by atoms with Crippen LogP contribution in [0.3, 0.4) is 0 Å². The largest absolute Gasteiger partial charge is 0.138 e. The predicted molar refractivity (Wildman–Crippen MR) is 67.8 cm³/mol. The van der Waals surface area contributed by atoms with Crippen molar-refractivity contribution in [1.82, 2.24) is 0 Å². The second-order valence-corrected chi connectivity index (χ2v) is 7.18. The molecular weight excluding hydrogens is 228 g/mol. The minimum absolute atomic E-state index is 1.14. The Hall–Kier alpha value is -0.250. The van der Waals surface area contributed by atoms with Crippen molar-refractivity contribution < 1.29 is 0 Å². The van der Waals surface area contributed by atoms with Gasteiger partial charge in [-0.1, -0.05) is 17.8 Å². The van der Waals surface area contributed by atoms with E-state index in [0.717, 1.165) is 6.42 Å². The molecule has 0 aliphatic carbocycles. The van der Waals surface area contributed by atoms with Crippen LogP contribution in [0.5, 0.6) is 0 Å². The second kappa shape index (κ2) is 3.12. The lowest BCUT2D eigenvalue weighted by Crippen LogP contribution is -1.85. The number of aryl methyl sites for hydroxylation is 1. The van der Waals surface area contributed by atoms with E-state index in [1.165, 1.54) is 24.1 Å². The number of rotatable bonds is 0. The van der Waals surface area contributed by atoms with Gasteiger partial charge in [0.2, 0.25) is 0 Å². The summed E-state index contributed by atoms with van der Waals surface area (Å²) in [6.45, 7) is 4.40. The summed E-state index contributed by atoms with van der Waals surface area (Å²) < 4.78 is 2.99. The lowest BCUT2D eigenvalue weighted by Gasteiger charge is -2.08. The van der Waals surface area contributed by atoms with E-state index < -0.39 is 0 Å². The van der Waals surface area contributed by atoms with E-state index in [2.05, 4.69) is 26.0 Å². The van der Waals surface area contributed by atoms with Crippen LogP contribution in [0.1, 0.15) is 16.7 Å². The molecule has 2 aromatic heterocycles. The van der Waals surface area contributed by atoms with Crippen molar-refractivity contribution in [2.75, 3.05) is 0 Å². The zero-order valence-electron chi connectivity index (χ0n) is 8.09. The van der Waals surface area contributed by atoms with Crippen LogP contribution < -0.4 is 0 Å². The quantitative estimate of drug-likeness (QED) is 0.634. The molecule has 0 N–H and O–H groups in total. The highest BCUT2D eigenvalue weighted by molar-refractivity contribution is 8.03. The summed E-state index contributed by atoms with van der Waals surface area (Å²) in [4.78, 5) is 5.97. The topological polar surface area (TPSA) is 0 Å². The van der Waals surface area contributed by atoms with Crippen molar-refractivity contribution >= 4 is 43.8 Å². The van der Waals surface area contributed by atoms with E-state index in [4.69, 9.17) is 0 Å². The molecule has 72 valence electrons. The molecule has 0 saturated heterocycles. The maximum atomic E-state index is 2.33. The van der Waals surface area contributed by atoms with Gasteiger partial charge < -0.3 is 0 Å². The Morgan fingerprint density at radius 3 is 2.93 bits per heavy atom. The molecule has 0 unspecified atom stereocenters. The zero-order chi connectivity index (χ0) is 9.71. The summed E-state index contributed by atoms with van der Waals surface area (Å²) >= 11 is 5.85. The van der Waals surface area contributed by atoms with Crippen LogP contribution in [0.2, 0.25) is 0 Å². The molecule has 0 radical (unpaired) electrons. The highest BCUT2D eigenvalue weighted by Gasteiger charge is 2.17. The molecule has 1 aliphatic heterocycles. The fourth-order valence-corrected chi connectivity index (χ4v) is 5.48. The van der Waals surface area contributed by atoms with Crippen LogP contribution in [0.15, 0.2) is 21.9 Å². The summed E-state index contributed by atoms with van der Waals surface area (Å²) in [5.74, 6) is 0. The van der Waals surface area contributed by atoms with Gasteiger partial charge in [-0.25, -0.2) is 0 Å². The third-order valence-corrected chi connectivity index (χ3v) is 6.11. The van der Waals surface area contributed by atoms with Gasteiger partial charge in [0, 0.05) is 25.8 Å². The van der Waals surface area contributed by atoms with Crippen molar-refractivity contribution in [2.45, 2.75) is 25.2 Å². The molecule has 0 atom stereocenters. The summed E-state index contributed by atoms with van der Waals surface area (Å²) in [6.07, 6.45) is 3.47. The fraction of sp³-hybridized carbons (Fsp3) is 0.273. The summed E-state index contributed by atoms with van der Waals surface area (Å²) in [5, 5.41) is 0. The van der Waals surface area contributed by atoms with Gasteiger partial charge in [-0.3, -0.25) is 0 Å². The Morgan fingerprint density at radius 2 is 2.07 bits per heavy atom. The maximum Gasteiger partial charge on any atom is 0.0595 e. The van der Waals surface area contributed by atoms with E-state index in [1.54, 1.807) is 4.88 Å². The van der Waals surface area contributed by atoms with Crippen LogP contribution in [0, 0.1) is 6.92 Å². The molecule has 3 heteroatoms. The van der Waals surface area contributed by atoms with E-state index in [-0.39, 0.29) is 0 Å². The molecule has 3 rings (SSSR count). The summed E-state index contributed by atoms with van der Waals surface area (Å²) in [5.41, 5.74) is 0. The van der Waals surface area contributed by atoms with Gasteiger partial charge in [-0.05, 0) is 24.8 Å². The van der Waals surface area contributed by atoms with E-state index >= 15 is 0 Å². The highest BCUT2D eigenvalue weighted by Crippen LogP contribution is 2.47. The van der Waals surface area contributed by atoms with Crippen LogP contribution in [-0.4, -0.2) is 0 Å². The standard InChI is InChI=1S/C11H10S3/c1-6-3-4-8-10(12-6)11-9(14-8)5-7(2)13-11/h3,5H,4H2,1-2H3. The van der Waals surface area contributed by atoms with Crippen LogP contribution >= 0.6 is 34.4 Å². The molecule has 14 heavy (non-hydrogen) atoms. The van der Waals surface area contributed by atoms with E-state index in [0.29, 0.717) is 0 Å². The molecule has 0 amide bonds. The number of thioether (sulfide) groups is 1. The number of thiophene rings is 2. The first-order chi connectivity index (χ1) is 6.74. The monoisotopic (exact) mass is 238 g/mol. The Labute approximate surface area is 95.6 Å². The van der Waals surface area contributed by atoms with Gasteiger partial charge in [0.05, 0.1) is 4.70 Å². The summed E-state index contributed by atoms with van der Waals surface area (Å²) in [7, 11) is 0. The predicted octanol–water partition coefficient (Wildman–Crippen LogP) is 4.82. The number of allylic oxidation sites excluding steroid dienone is 2. The zero-order valence-corrected chi connectivity index (χ0v) is 10.5. The fourth-order valence-electron chi connectivity index (χ4n) is 1.71. The van der Waals surface area contributed by atoms with Gasteiger partial charge in [-0.2, -0.15) is 0 Å². The van der Waals surface area contributed by atoms with Crippen molar-refractivity contribution in [3.63, 3.8) is 0 Å². The van der Waals surface area contributed by atoms with Crippen molar-refractivity contribution in [1.29, 1.82) is 0 Å². The summed E-state index contributed by atoms with van der Waals surface area (Å²) in [6, 6.07) is 2.32. The Bertz CT molecular complexity index is 528. The first-order valence-corrected chi connectivity index (χ1v) is 7.05. The Morgan fingerprint density at radius 1 is 1.21 bits per heavy atom. The number of fused-ring (bicyclic) bond motifs is 3. The first-order valence-electron chi connectivity index (χ1n) is 4.60. The van der Waals surface area contributed by atoms with Crippen LogP contribution in [-0.2, 0) is 6.42 Å². The molecule has 0 nitrogen and oxygen atoms in total. The lowest BCUT2D eigenvalue weighted by atomic mass is 10.3. The minimum Gasteiger partial charge on any atom is -0.138 e. The third-order valence-electron chi connectivity index (χ3n) is 2.35. The molecule has 0 spiro atoms. The SMILES string of the molecule is CC1=CCc2sc3cc(C)sc3c2S1. The van der Waals surface area contributed by atoms with Gasteiger partial charge >= 0.3 is 0 Å². The van der Waals surface area contributed by atoms with Gasteiger partial charge in [0.1, 0.15) is 0 Å². The smallest absolute Gasteiger partial charge is 0.0595 e. The number of hydrogen-bond donors (Lipinski definition) is 0. The lowest BCUT2D eigenvalue weighted by molar-refractivity contribution is 1.24. The van der Waals surface area contributed by atoms with Crippen LogP contribution in [0.25, 0.3) is 9.40 Å². The van der Waals surface area contributed by atoms with Gasteiger partial charge in [0.15, 0.2) is 0 Å². The van der Waals surface area contributed by atoms with Gasteiger partial charge in [0.25, 0.3) is 0 Å². The van der Waals surface area contributed by atoms with E-state index in [9.17, 15) is 0 Å². The Balaban J connectivity index is 2.26. The third kappa shape index (κ3) is 1.27. The van der Waals surface area contributed by atoms with Crippen molar-refractivity contribution in [3.8, 4) is 0 Å². The molecule has 3 heterocycles. The average molecular weight is 238 g/mol. The van der Waals surface area contributed by atoms with Crippen molar-refractivity contribution in [3.05, 3.63) is 26.8 Å². The molecule has 0 aromatic carbocycles. The number of hydrogen-bond acceptors (Lipinski definition) is 3. The van der Waals surface area contributed by atoms with Crippen molar-refractivity contribution in [2.24, 2.45) is 0 Å². The molecule has 1 aliphatic rings. The molecule has 0 bridgehead atoms. The molecular formula is C11H10S3. The average Bonchev–Trinajstić information content (AvgIpc) is 2.62. The normalized spacial score (nSPS) is 15.7. The minimum atomic E-state index is 1.14. The molecule has 0 saturated carbocycles. The maximum absolute atomic E-state index is 2.33. The Kier molecular flexibility index (Phi) is 2.01. The first kappa shape index (κ1) is 9.01. The molecule has 0 fully saturated rings.